The minimum atomic E-state index is -0.345. The van der Waals surface area contributed by atoms with Gasteiger partial charge in [0.1, 0.15) is 11.9 Å². The van der Waals surface area contributed by atoms with E-state index in [1.165, 1.54) is 6.20 Å². The van der Waals surface area contributed by atoms with E-state index in [-0.39, 0.29) is 5.91 Å². The Morgan fingerprint density at radius 2 is 1.77 bits per heavy atom. The van der Waals surface area contributed by atoms with E-state index in [4.69, 9.17) is 28.5 Å². The number of anilines is 3. The first-order valence-corrected chi connectivity index (χ1v) is 8.30. The predicted molar refractivity (Wildman–Crippen MR) is 103 cm³/mol. The lowest BCUT2D eigenvalue weighted by atomic mass is 10.1. The second-order valence-corrected chi connectivity index (χ2v) is 6.20. The molecule has 0 fully saturated rings. The van der Waals surface area contributed by atoms with E-state index in [1.807, 2.05) is 6.07 Å². The van der Waals surface area contributed by atoms with E-state index in [0.717, 1.165) is 0 Å². The lowest BCUT2D eigenvalue weighted by molar-refractivity contribution is 0.102. The molecule has 26 heavy (non-hydrogen) atoms. The molecule has 128 valence electrons. The molecule has 0 unspecified atom stereocenters. The third kappa shape index (κ3) is 4.31. The maximum Gasteiger partial charge on any atom is 0.255 e. The summed E-state index contributed by atoms with van der Waals surface area (Å²) in [6.07, 6.45) is 1.51. The summed E-state index contributed by atoms with van der Waals surface area (Å²) < 4.78 is 0. The average molecular weight is 383 g/mol. The molecule has 0 aliphatic carbocycles. The normalized spacial score (nSPS) is 10.0. The Morgan fingerprint density at radius 3 is 2.50 bits per heavy atom. The minimum Gasteiger partial charge on any atom is -0.340 e. The highest BCUT2D eigenvalue weighted by atomic mass is 35.5. The number of amides is 1. The van der Waals surface area contributed by atoms with Gasteiger partial charge in [0.25, 0.3) is 5.91 Å². The minimum absolute atomic E-state index is 0.345. The van der Waals surface area contributed by atoms with E-state index in [1.54, 1.807) is 54.6 Å². The maximum absolute atomic E-state index is 12.5. The van der Waals surface area contributed by atoms with Crippen LogP contribution in [-0.2, 0) is 0 Å². The molecule has 1 heterocycles. The first kappa shape index (κ1) is 17.7. The molecule has 3 aromatic rings. The third-order valence-electron chi connectivity index (χ3n) is 3.45. The Morgan fingerprint density at radius 1 is 1.04 bits per heavy atom. The number of carbonyl (C=O) groups excluding carboxylic acids is 1. The first-order valence-electron chi connectivity index (χ1n) is 7.55. The molecule has 0 aliphatic heterocycles. The van der Waals surface area contributed by atoms with Crippen LogP contribution in [0.25, 0.3) is 0 Å². The van der Waals surface area contributed by atoms with Crippen molar-refractivity contribution in [3.05, 3.63) is 82.0 Å². The zero-order chi connectivity index (χ0) is 18.5. The van der Waals surface area contributed by atoms with Gasteiger partial charge >= 0.3 is 0 Å². The van der Waals surface area contributed by atoms with Gasteiger partial charge in [-0.1, -0.05) is 35.3 Å². The molecule has 7 heteroatoms. The fraction of sp³-hybridized carbons (Fsp3) is 0. The van der Waals surface area contributed by atoms with Gasteiger partial charge in [-0.2, -0.15) is 5.26 Å². The Kier molecular flexibility index (Phi) is 5.37. The van der Waals surface area contributed by atoms with E-state index < -0.39 is 0 Å². The molecule has 3 rings (SSSR count). The number of benzene rings is 2. The van der Waals surface area contributed by atoms with Crippen LogP contribution < -0.4 is 10.6 Å². The van der Waals surface area contributed by atoms with Crippen molar-refractivity contribution in [3.63, 3.8) is 0 Å². The molecule has 0 saturated carbocycles. The maximum atomic E-state index is 12.5. The summed E-state index contributed by atoms with van der Waals surface area (Å²) in [6, 6.07) is 17.0. The summed E-state index contributed by atoms with van der Waals surface area (Å²) in [7, 11) is 0. The van der Waals surface area contributed by atoms with Crippen molar-refractivity contribution in [3.8, 4) is 6.07 Å². The Labute approximate surface area is 160 Å². The fourth-order valence-corrected chi connectivity index (χ4v) is 2.82. The number of halogens is 2. The second kappa shape index (κ2) is 7.87. The number of pyridine rings is 1. The molecule has 0 spiro atoms. The molecule has 2 N–H and O–H groups in total. The summed E-state index contributed by atoms with van der Waals surface area (Å²) in [5.74, 6) is 0.117. The van der Waals surface area contributed by atoms with Crippen LogP contribution in [0.4, 0.5) is 17.2 Å². The number of aromatic nitrogens is 1. The predicted octanol–water partition coefficient (Wildman–Crippen LogP) is 5.26. The molecule has 0 saturated heterocycles. The Hall–Kier alpha value is -3.07. The van der Waals surface area contributed by atoms with Gasteiger partial charge in [-0.15, -0.1) is 0 Å². The van der Waals surface area contributed by atoms with Crippen molar-refractivity contribution in [1.29, 1.82) is 5.26 Å². The van der Waals surface area contributed by atoms with Crippen molar-refractivity contribution in [1.82, 2.24) is 4.98 Å². The lowest BCUT2D eigenvalue weighted by Crippen LogP contribution is -2.13. The van der Waals surface area contributed by atoms with Crippen LogP contribution in [0.2, 0.25) is 10.0 Å². The van der Waals surface area contributed by atoms with Crippen LogP contribution in [0.1, 0.15) is 15.9 Å². The highest BCUT2D eigenvalue weighted by Gasteiger charge is 2.10. The molecule has 2 aromatic carbocycles. The van der Waals surface area contributed by atoms with Gasteiger partial charge in [-0.3, -0.25) is 4.79 Å². The molecule has 1 amide bonds. The van der Waals surface area contributed by atoms with E-state index in [9.17, 15) is 4.79 Å². The van der Waals surface area contributed by atoms with Gasteiger partial charge in [0.15, 0.2) is 0 Å². The van der Waals surface area contributed by atoms with Crippen LogP contribution in [0, 0.1) is 11.3 Å². The number of nitriles is 1. The van der Waals surface area contributed by atoms with Crippen molar-refractivity contribution in [2.75, 3.05) is 10.6 Å². The number of hydrogen-bond donors (Lipinski definition) is 2. The Bertz CT molecular complexity index is 994. The average Bonchev–Trinajstić information content (AvgIpc) is 2.61. The molecule has 0 bridgehead atoms. The van der Waals surface area contributed by atoms with E-state index in [0.29, 0.717) is 38.4 Å². The van der Waals surface area contributed by atoms with Crippen LogP contribution in [0.5, 0.6) is 0 Å². The summed E-state index contributed by atoms with van der Waals surface area (Å²) in [6.45, 7) is 0. The smallest absolute Gasteiger partial charge is 0.255 e. The van der Waals surface area contributed by atoms with E-state index in [2.05, 4.69) is 15.6 Å². The fourth-order valence-electron chi connectivity index (χ4n) is 2.30. The molecule has 0 aliphatic rings. The van der Waals surface area contributed by atoms with Crippen molar-refractivity contribution < 1.29 is 4.79 Å². The second-order valence-electron chi connectivity index (χ2n) is 5.32. The van der Waals surface area contributed by atoms with Crippen LogP contribution in [0.3, 0.4) is 0 Å². The zero-order valence-corrected chi connectivity index (χ0v) is 14.8. The molecule has 0 radical (unpaired) electrons. The van der Waals surface area contributed by atoms with Gasteiger partial charge in [0, 0.05) is 27.5 Å². The molecule has 0 atom stereocenters. The van der Waals surface area contributed by atoms with Gasteiger partial charge in [0.2, 0.25) is 0 Å². The number of hydrogen-bond acceptors (Lipinski definition) is 4. The van der Waals surface area contributed by atoms with Gasteiger partial charge < -0.3 is 10.6 Å². The van der Waals surface area contributed by atoms with Gasteiger partial charge in [-0.05, 0) is 42.5 Å². The van der Waals surface area contributed by atoms with Crippen LogP contribution >= 0.6 is 23.2 Å². The molecule has 1 aromatic heterocycles. The number of para-hydroxylation sites is 1. The van der Waals surface area contributed by atoms with Crippen molar-refractivity contribution in [2.24, 2.45) is 0 Å². The topological polar surface area (TPSA) is 77.8 Å². The van der Waals surface area contributed by atoms with Gasteiger partial charge in [0.05, 0.1) is 11.3 Å². The van der Waals surface area contributed by atoms with Crippen LogP contribution in [-0.4, -0.2) is 10.9 Å². The van der Waals surface area contributed by atoms with Gasteiger partial charge in [-0.25, -0.2) is 4.98 Å². The third-order valence-corrected chi connectivity index (χ3v) is 3.89. The summed E-state index contributed by atoms with van der Waals surface area (Å²) in [4.78, 5) is 16.7. The molecule has 5 nitrogen and oxygen atoms in total. The molecular formula is C19H12Cl2N4O. The first-order chi connectivity index (χ1) is 12.5. The van der Waals surface area contributed by atoms with Crippen molar-refractivity contribution in [2.45, 2.75) is 0 Å². The summed E-state index contributed by atoms with van der Waals surface area (Å²) in [5.41, 5.74) is 1.89. The quantitative estimate of drug-likeness (QED) is 0.645. The summed E-state index contributed by atoms with van der Waals surface area (Å²) in [5, 5.41) is 15.9. The standard InChI is InChI=1S/C19H12Cl2N4O/c20-14-8-15(21)10-16(9-14)24-18-7-12(5-6-23-18)19(26)25-17-4-2-1-3-13(17)11-22/h1-10H,(H,23,24)(H,25,26). The monoisotopic (exact) mass is 382 g/mol. The zero-order valence-electron chi connectivity index (χ0n) is 13.3. The highest BCUT2D eigenvalue weighted by Crippen LogP contribution is 2.25. The SMILES string of the molecule is N#Cc1ccccc1NC(=O)c1ccnc(Nc2cc(Cl)cc(Cl)c2)c1. The summed E-state index contributed by atoms with van der Waals surface area (Å²) >= 11 is 12.0. The number of rotatable bonds is 4. The highest BCUT2D eigenvalue weighted by molar-refractivity contribution is 6.35. The number of nitrogens with one attached hydrogen (secondary N) is 2. The number of carbonyl (C=O) groups is 1. The number of nitrogens with zero attached hydrogens (tertiary/aromatic N) is 2. The van der Waals surface area contributed by atoms with E-state index >= 15 is 0 Å². The Balaban J connectivity index is 1.80. The lowest BCUT2D eigenvalue weighted by Gasteiger charge is -2.10. The van der Waals surface area contributed by atoms with Crippen LogP contribution in [0.15, 0.2) is 60.8 Å². The van der Waals surface area contributed by atoms with Crippen molar-refractivity contribution >= 4 is 46.3 Å². The largest absolute Gasteiger partial charge is 0.340 e. The molecular weight excluding hydrogens is 371 g/mol.